The summed E-state index contributed by atoms with van der Waals surface area (Å²) in [5.74, 6) is 1.58. The first-order chi connectivity index (χ1) is 15.7. The zero-order valence-corrected chi connectivity index (χ0v) is 20.3. The maximum atomic E-state index is 13.4. The zero-order chi connectivity index (χ0) is 22.3. The van der Waals surface area contributed by atoms with Crippen molar-refractivity contribution in [2.75, 3.05) is 56.2 Å². The van der Waals surface area contributed by atoms with Gasteiger partial charge in [0.25, 0.3) is 5.91 Å². The minimum atomic E-state index is -0.0126. The molecule has 0 unspecified atom stereocenters. The number of carbonyl (C=O) groups excluding carboxylic acids is 1. The number of carbonyl (C=O) groups is 1. The zero-order valence-electron chi connectivity index (χ0n) is 18.2. The van der Waals surface area contributed by atoms with Crippen molar-refractivity contribution in [3.8, 4) is 5.75 Å². The number of rotatable bonds is 7. The third kappa shape index (κ3) is 5.21. The van der Waals surface area contributed by atoms with Gasteiger partial charge in [0.1, 0.15) is 11.6 Å². The number of piperazine rings is 1. The summed E-state index contributed by atoms with van der Waals surface area (Å²) in [5.41, 5.74) is 1.85. The molecule has 1 saturated heterocycles. The van der Waals surface area contributed by atoms with Crippen LogP contribution in [0.2, 0.25) is 0 Å². The quantitative estimate of drug-likeness (QED) is 0.420. The Balaban J connectivity index is 1.42. The molecule has 1 fully saturated rings. The summed E-state index contributed by atoms with van der Waals surface area (Å²) in [6.45, 7) is 5.11. The fourth-order valence-electron chi connectivity index (χ4n) is 3.96. The lowest BCUT2D eigenvalue weighted by Gasteiger charge is -2.37. The number of hydrogen-bond acceptors (Lipinski definition) is 5. The van der Waals surface area contributed by atoms with Gasteiger partial charge in [-0.15, -0.1) is 0 Å². The predicted molar refractivity (Wildman–Crippen MR) is 137 cm³/mol. The van der Waals surface area contributed by atoms with Crippen LogP contribution in [0.1, 0.15) is 10.4 Å². The molecule has 166 valence electrons. The Hall–Kier alpha value is -2.65. The first-order valence-corrected chi connectivity index (χ1v) is 11.8. The van der Waals surface area contributed by atoms with Gasteiger partial charge in [0, 0.05) is 49.0 Å². The SMILES string of the molecule is COc1ccccc1N1CCN(CCN(C(=O)c2ccccc2I)c2ccccn2)CC1. The average molecular weight is 542 g/mol. The van der Waals surface area contributed by atoms with Crippen LogP contribution in [-0.4, -0.2) is 62.2 Å². The first-order valence-electron chi connectivity index (χ1n) is 10.7. The van der Waals surface area contributed by atoms with Crippen LogP contribution < -0.4 is 14.5 Å². The highest BCUT2D eigenvalue weighted by Gasteiger charge is 2.24. The topological polar surface area (TPSA) is 48.9 Å². The largest absolute Gasteiger partial charge is 0.495 e. The number of ether oxygens (including phenoxy) is 1. The minimum Gasteiger partial charge on any atom is -0.495 e. The van der Waals surface area contributed by atoms with Crippen molar-refractivity contribution < 1.29 is 9.53 Å². The second-order valence-electron chi connectivity index (χ2n) is 7.63. The molecule has 0 N–H and O–H groups in total. The molecule has 1 aliphatic heterocycles. The molecule has 0 atom stereocenters. The van der Waals surface area contributed by atoms with E-state index in [0.717, 1.165) is 47.7 Å². The maximum Gasteiger partial charge on any atom is 0.260 e. The van der Waals surface area contributed by atoms with Gasteiger partial charge in [-0.1, -0.05) is 30.3 Å². The summed E-state index contributed by atoms with van der Waals surface area (Å²) < 4.78 is 6.47. The summed E-state index contributed by atoms with van der Waals surface area (Å²) >= 11 is 2.22. The van der Waals surface area contributed by atoms with Crippen molar-refractivity contribution in [1.29, 1.82) is 0 Å². The highest BCUT2D eigenvalue weighted by atomic mass is 127. The minimum absolute atomic E-state index is 0.0126. The van der Waals surface area contributed by atoms with Crippen LogP contribution in [0.25, 0.3) is 0 Å². The molecule has 7 heteroatoms. The monoisotopic (exact) mass is 542 g/mol. The lowest BCUT2D eigenvalue weighted by Crippen LogP contribution is -2.49. The Kier molecular flexibility index (Phi) is 7.59. The van der Waals surface area contributed by atoms with Crippen LogP contribution in [0.5, 0.6) is 5.75 Å². The molecule has 0 radical (unpaired) electrons. The lowest BCUT2D eigenvalue weighted by molar-refractivity contribution is 0.0981. The molecule has 1 amide bonds. The highest BCUT2D eigenvalue weighted by Crippen LogP contribution is 2.28. The van der Waals surface area contributed by atoms with Crippen LogP contribution in [0.15, 0.2) is 72.9 Å². The van der Waals surface area contributed by atoms with Gasteiger partial charge in [-0.3, -0.25) is 14.6 Å². The summed E-state index contributed by atoms with van der Waals surface area (Å²) in [5, 5.41) is 0. The Morgan fingerprint density at radius 3 is 2.44 bits per heavy atom. The summed E-state index contributed by atoms with van der Waals surface area (Å²) in [4.78, 5) is 24.4. The average Bonchev–Trinajstić information content (AvgIpc) is 2.85. The van der Waals surface area contributed by atoms with E-state index in [1.165, 1.54) is 0 Å². The van der Waals surface area contributed by atoms with E-state index in [1.807, 2.05) is 60.7 Å². The van der Waals surface area contributed by atoms with Crippen LogP contribution in [-0.2, 0) is 0 Å². The van der Waals surface area contributed by atoms with E-state index in [9.17, 15) is 4.79 Å². The molecule has 4 rings (SSSR count). The van der Waals surface area contributed by atoms with Gasteiger partial charge >= 0.3 is 0 Å². The molecule has 6 nitrogen and oxygen atoms in total. The van der Waals surface area contributed by atoms with Crippen molar-refractivity contribution in [3.63, 3.8) is 0 Å². The number of halogens is 1. The number of benzene rings is 2. The molecule has 32 heavy (non-hydrogen) atoms. The molecule has 2 heterocycles. The Morgan fingerprint density at radius 2 is 1.72 bits per heavy atom. The number of pyridine rings is 1. The van der Waals surface area contributed by atoms with E-state index in [2.05, 4.69) is 43.4 Å². The van der Waals surface area contributed by atoms with Crippen molar-refractivity contribution in [3.05, 3.63) is 82.1 Å². The summed E-state index contributed by atoms with van der Waals surface area (Å²) in [7, 11) is 1.71. The third-order valence-electron chi connectivity index (χ3n) is 5.71. The standard InChI is InChI=1S/C25H27IN4O2/c1-32-23-11-5-4-10-22(23)29-17-14-28(15-18-29)16-19-30(24-12-6-7-13-27-24)25(31)20-8-2-3-9-21(20)26/h2-13H,14-19H2,1H3. The smallest absolute Gasteiger partial charge is 0.260 e. The van der Waals surface area contributed by atoms with Crippen LogP contribution in [0.4, 0.5) is 11.5 Å². The highest BCUT2D eigenvalue weighted by molar-refractivity contribution is 14.1. The molecule has 0 bridgehead atoms. The van der Waals surface area contributed by atoms with Gasteiger partial charge in [0.2, 0.25) is 0 Å². The molecule has 0 saturated carbocycles. The summed E-state index contributed by atoms with van der Waals surface area (Å²) in [6.07, 6.45) is 1.73. The number of nitrogens with zero attached hydrogens (tertiary/aromatic N) is 4. The lowest BCUT2D eigenvalue weighted by atomic mass is 10.2. The normalized spacial score (nSPS) is 14.2. The molecule has 3 aromatic rings. The fraction of sp³-hybridized carbons (Fsp3) is 0.280. The molecule has 0 aliphatic carbocycles. The fourth-order valence-corrected chi connectivity index (χ4v) is 4.58. The predicted octanol–water partition coefficient (Wildman–Crippen LogP) is 4.16. The van der Waals surface area contributed by atoms with Gasteiger partial charge in [-0.2, -0.15) is 0 Å². The molecular formula is C25H27IN4O2. The first kappa shape index (κ1) is 22.5. The van der Waals surface area contributed by atoms with E-state index < -0.39 is 0 Å². The number of aromatic nitrogens is 1. The summed E-state index contributed by atoms with van der Waals surface area (Å²) in [6, 6.07) is 21.5. The molecular weight excluding hydrogens is 515 g/mol. The number of methoxy groups -OCH3 is 1. The van der Waals surface area contributed by atoms with E-state index >= 15 is 0 Å². The Morgan fingerprint density at radius 1 is 1.00 bits per heavy atom. The number of anilines is 2. The van der Waals surface area contributed by atoms with E-state index in [4.69, 9.17) is 4.74 Å². The van der Waals surface area contributed by atoms with Gasteiger partial charge in [0.05, 0.1) is 18.4 Å². The van der Waals surface area contributed by atoms with Crippen LogP contribution >= 0.6 is 22.6 Å². The Bertz CT molecular complexity index is 1040. The van der Waals surface area contributed by atoms with Crippen molar-refractivity contribution in [1.82, 2.24) is 9.88 Å². The van der Waals surface area contributed by atoms with E-state index in [-0.39, 0.29) is 5.91 Å². The third-order valence-corrected chi connectivity index (χ3v) is 6.65. The second-order valence-corrected chi connectivity index (χ2v) is 8.79. The van der Waals surface area contributed by atoms with Gasteiger partial charge < -0.3 is 9.64 Å². The molecule has 1 aromatic heterocycles. The van der Waals surface area contributed by atoms with Crippen molar-refractivity contribution >= 4 is 40.0 Å². The molecule has 0 spiro atoms. The second kappa shape index (κ2) is 10.8. The number of para-hydroxylation sites is 2. The maximum absolute atomic E-state index is 13.4. The van der Waals surface area contributed by atoms with Gasteiger partial charge in [-0.05, 0) is 59.0 Å². The van der Waals surface area contributed by atoms with E-state index in [0.29, 0.717) is 17.9 Å². The van der Waals surface area contributed by atoms with Crippen molar-refractivity contribution in [2.24, 2.45) is 0 Å². The number of amides is 1. The Labute approximate surface area is 202 Å². The van der Waals surface area contributed by atoms with Crippen LogP contribution in [0, 0.1) is 3.57 Å². The molecule has 1 aliphatic rings. The van der Waals surface area contributed by atoms with Crippen LogP contribution in [0.3, 0.4) is 0 Å². The van der Waals surface area contributed by atoms with E-state index in [1.54, 1.807) is 18.2 Å². The van der Waals surface area contributed by atoms with Crippen molar-refractivity contribution in [2.45, 2.75) is 0 Å². The molecule has 2 aromatic carbocycles. The van der Waals surface area contributed by atoms with Gasteiger partial charge in [-0.25, -0.2) is 4.98 Å². The number of hydrogen-bond donors (Lipinski definition) is 0. The van der Waals surface area contributed by atoms with Gasteiger partial charge in [0.15, 0.2) is 0 Å².